The molecule has 0 spiro atoms. The zero-order chi connectivity index (χ0) is 12.3. The van der Waals surface area contributed by atoms with Gasteiger partial charge in [-0.2, -0.15) is 0 Å². The van der Waals surface area contributed by atoms with Crippen LogP contribution in [0.5, 0.6) is 0 Å². The lowest BCUT2D eigenvalue weighted by molar-refractivity contribution is -0.123. The third-order valence-corrected chi connectivity index (χ3v) is 3.49. The minimum absolute atomic E-state index is 0.123. The first-order chi connectivity index (χ1) is 8.15. The summed E-state index contributed by atoms with van der Waals surface area (Å²) in [6, 6.07) is 6.54. The van der Waals surface area contributed by atoms with Crippen LogP contribution in [-0.2, 0) is 11.2 Å². The van der Waals surface area contributed by atoms with Gasteiger partial charge >= 0.3 is 0 Å². The Morgan fingerprint density at radius 1 is 1.29 bits per heavy atom. The Bertz CT molecular complexity index is 397. The smallest absolute Gasteiger partial charge is 0.140 e. The molecular weight excluding hydrogens is 217 g/mol. The summed E-state index contributed by atoms with van der Waals surface area (Å²) in [7, 11) is 0. The highest BCUT2D eigenvalue weighted by atomic mass is 19.1. The van der Waals surface area contributed by atoms with Gasteiger partial charge in [-0.15, -0.1) is 0 Å². The average molecular weight is 235 g/mol. The van der Waals surface area contributed by atoms with Crippen LogP contribution in [0.3, 0.4) is 0 Å². The number of carbonyl (C=O) groups is 1. The van der Waals surface area contributed by atoms with Crippen LogP contribution >= 0.6 is 0 Å². The first-order valence-electron chi connectivity index (χ1n) is 6.18. The fourth-order valence-electron chi connectivity index (χ4n) is 2.43. The maximum atomic E-state index is 13.0. The maximum absolute atomic E-state index is 13.0. The summed E-state index contributed by atoms with van der Waals surface area (Å²) in [5.74, 6) is 0.0709. The van der Waals surface area contributed by atoms with Crippen LogP contribution in [0.4, 0.5) is 4.39 Å². The van der Waals surface area contributed by atoms with Crippen molar-refractivity contribution >= 4 is 5.78 Å². The number of nitrogens with two attached hydrogens (primary N) is 1. The molecule has 1 fully saturated rings. The molecule has 0 aromatic heterocycles. The van der Waals surface area contributed by atoms with Crippen molar-refractivity contribution in [1.82, 2.24) is 0 Å². The van der Waals surface area contributed by atoms with Crippen molar-refractivity contribution in [3.8, 4) is 0 Å². The van der Waals surface area contributed by atoms with E-state index >= 15 is 0 Å². The lowest BCUT2D eigenvalue weighted by Gasteiger charge is -2.24. The van der Waals surface area contributed by atoms with E-state index in [4.69, 9.17) is 5.73 Å². The van der Waals surface area contributed by atoms with E-state index in [2.05, 4.69) is 0 Å². The van der Waals surface area contributed by atoms with E-state index in [1.165, 1.54) is 12.1 Å². The molecule has 2 rings (SSSR count). The van der Waals surface area contributed by atoms with E-state index in [1.54, 1.807) is 12.1 Å². The summed E-state index contributed by atoms with van der Waals surface area (Å²) >= 11 is 0. The zero-order valence-corrected chi connectivity index (χ0v) is 9.86. The van der Waals surface area contributed by atoms with E-state index in [-0.39, 0.29) is 23.6 Å². The second-order valence-corrected chi connectivity index (χ2v) is 4.88. The van der Waals surface area contributed by atoms with Crippen LogP contribution in [0.15, 0.2) is 24.3 Å². The average Bonchev–Trinajstić information content (AvgIpc) is 2.29. The highest BCUT2D eigenvalue weighted by molar-refractivity contribution is 5.83. The van der Waals surface area contributed by atoms with Gasteiger partial charge in [0.1, 0.15) is 11.6 Å². The SMILES string of the molecule is NC1CCC(C(=O)Cc2cccc(F)c2)CC1. The summed E-state index contributed by atoms with van der Waals surface area (Å²) < 4.78 is 13.0. The van der Waals surface area contributed by atoms with Gasteiger partial charge in [-0.25, -0.2) is 4.39 Å². The molecule has 1 aliphatic rings. The molecule has 2 N–H and O–H groups in total. The van der Waals surface area contributed by atoms with Crippen molar-refractivity contribution in [2.24, 2.45) is 11.7 Å². The molecule has 0 saturated heterocycles. The highest BCUT2D eigenvalue weighted by Crippen LogP contribution is 2.25. The summed E-state index contributed by atoms with van der Waals surface area (Å²) in [4.78, 5) is 12.0. The van der Waals surface area contributed by atoms with Crippen LogP contribution in [0.2, 0.25) is 0 Å². The normalized spacial score (nSPS) is 24.6. The van der Waals surface area contributed by atoms with Gasteiger partial charge in [0.2, 0.25) is 0 Å². The predicted molar refractivity (Wildman–Crippen MR) is 65.0 cm³/mol. The summed E-state index contributed by atoms with van der Waals surface area (Å²) in [5.41, 5.74) is 6.58. The van der Waals surface area contributed by atoms with Crippen molar-refractivity contribution in [3.63, 3.8) is 0 Å². The molecular formula is C14H18FNO. The number of benzene rings is 1. The fraction of sp³-hybridized carbons (Fsp3) is 0.500. The maximum Gasteiger partial charge on any atom is 0.140 e. The number of hydrogen-bond donors (Lipinski definition) is 1. The molecule has 0 bridgehead atoms. The Kier molecular flexibility index (Phi) is 3.89. The number of Topliss-reactive ketones (excluding diaryl/α,β-unsaturated/α-hetero) is 1. The molecule has 2 nitrogen and oxygen atoms in total. The van der Waals surface area contributed by atoms with E-state index in [1.807, 2.05) is 0 Å². The molecule has 0 radical (unpaired) electrons. The molecule has 0 atom stereocenters. The van der Waals surface area contributed by atoms with Crippen molar-refractivity contribution in [3.05, 3.63) is 35.6 Å². The molecule has 92 valence electrons. The Balaban J connectivity index is 1.93. The van der Waals surface area contributed by atoms with Crippen molar-refractivity contribution in [2.45, 2.75) is 38.1 Å². The van der Waals surface area contributed by atoms with Gasteiger partial charge in [-0.3, -0.25) is 4.79 Å². The second-order valence-electron chi connectivity index (χ2n) is 4.88. The first-order valence-corrected chi connectivity index (χ1v) is 6.18. The first kappa shape index (κ1) is 12.2. The third kappa shape index (κ3) is 3.37. The van der Waals surface area contributed by atoms with Gasteiger partial charge in [0, 0.05) is 18.4 Å². The van der Waals surface area contributed by atoms with Crippen LogP contribution in [-0.4, -0.2) is 11.8 Å². The van der Waals surface area contributed by atoms with Crippen LogP contribution < -0.4 is 5.73 Å². The van der Waals surface area contributed by atoms with Crippen LogP contribution in [0.1, 0.15) is 31.2 Å². The number of ketones is 1. The molecule has 17 heavy (non-hydrogen) atoms. The lowest BCUT2D eigenvalue weighted by atomic mass is 9.82. The van der Waals surface area contributed by atoms with Gasteiger partial charge in [0.25, 0.3) is 0 Å². The Morgan fingerprint density at radius 3 is 2.65 bits per heavy atom. The Morgan fingerprint density at radius 2 is 2.00 bits per heavy atom. The molecule has 1 aliphatic carbocycles. The minimum atomic E-state index is -0.277. The van der Waals surface area contributed by atoms with E-state index in [9.17, 15) is 9.18 Å². The van der Waals surface area contributed by atoms with E-state index in [0.29, 0.717) is 6.42 Å². The summed E-state index contributed by atoms with van der Waals surface area (Å²) in [6.45, 7) is 0. The number of hydrogen-bond acceptors (Lipinski definition) is 2. The molecule has 1 aromatic rings. The topological polar surface area (TPSA) is 43.1 Å². The zero-order valence-electron chi connectivity index (χ0n) is 9.86. The van der Waals surface area contributed by atoms with Crippen molar-refractivity contribution in [1.29, 1.82) is 0 Å². The lowest BCUT2D eigenvalue weighted by Crippen LogP contribution is -2.30. The molecule has 3 heteroatoms. The quantitative estimate of drug-likeness (QED) is 0.874. The number of halogens is 1. The van der Waals surface area contributed by atoms with Crippen LogP contribution in [0, 0.1) is 11.7 Å². The largest absolute Gasteiger partial charge is 0.328 e. The fourth-order valence-corrected chi connectivity index (χ4v) is 2.43. The van der Waals surface area contributed by atoms with Gasteiger partial charge in [0.05, 0.1) is 0 Å². The third-order valence-electron chi connectivity index (χ3n) is 3.49. The van der Waals surface area contributed by atoms with Gasteiger partial charge in [-0.1, -0.05) is 12.1 Å². The molecule has 1 aromatic carbocycles. The van der Waals surface area contributed by atoms with Crippen LogP contribution in [0.25, 0.3) is 0 Å². The van der Waals surface area contributed by atoms with Gasteiger partial charge in [0.15, 0.2) is 0 Å². The number of carbonyl (C=O) groups excluding carboxylic acids is 1. The monoisotopic (exact) mass is 235 g/mol. The van der Waals surface area contributed by atoms with E-state index in [0.717, 1.165) is 31.2 Å². The second kappa shape index (κ2) is 5.41. The number of rotatable bonds is 3. The van der Waals surface area contributed by atoms with Crippen molar-refractivity contribution < 1.29 is 9.18 Å². The highest BCUT2D eigenvalue weighted by Gasteiger charge is 2.24. The van der Waals surface area contributed by atoms with Crippen molar-refractivity contribution in [2.75, 3.05) is 0 Å². The van der Waals surface area contributed by atoms with E-state index < -0.39 is 0 Å². The minimum Gasteiger partial charge on any atom is -0.328 e. The Hall–Kier alpha value is -1.22. The molecule has 0 aliphatic heterocycles. The molecule has 0 heterocycles. The molecule has 0 unspecified atom stereocenters. The standard InChI is InChI=1S/C14H18FNO/c15-12-3-1-2-10(8-12)9-14(17)11-4-6-13(16)7-5-11/h1-3,8,11,13H,4-7,9,16H2. The van der Waals surface area contributed by atoms with Gasteiger partial charge < -0.3 is 5.73 Å². The summed E-state index contributed by atoms with van der Waals surface area (Å²) in [5, 5.41) is 0. The van der Waals surface area contributed by atoms with Gasteiger partial charge in [-0.05, 0) is 43.4 Å². The Labute approximate surface area is 101 Å². The molecule has 1 saturated carbocycles. The molecule has 0 amide bonds. The predicted octanol–water partition coefficient (Wildman–Crippen LogP) is 2.45. The summed E-state index contributed by atoms with van der Waals surface area (Å²) in [6.07, 6.45) is 3.97.